The van der Waals surface area contributed by atoms with Crippen molar-refractivity contribution in [1.29, 1.82) is 0 Å². The number of fused-ring (bicyclic) bond motifs is 1. The quantitative estimate of drug-likeness (QED) is 0.687. The summed E-state index contributed by atoms with van der Waals surface area (Å²) in [4.78, 5) is 24.7. The number of rotatable bonds is 5. The molecule has 0 spiro atoms. The maximum atomic E-state index is 12.5. The summed E-state index contributed by atoms with van der Waals surface area (Å²) in [6.45, 7) is 3.31. The normalized spacial score (nSPS) is 15.0. The van der Waals surface area contributed by atoms with Gasteiger partial charge in [0.2, 0.25) is 0 Å². The molecule has 1 aliphatic rings. The van der Waals surface area contributed by atoms with Gasteiger partial charge in [0.1, 0.15) is 5.52 Å². The molecule has 1 amide bonds. The Morgan fingerprint density at radius 3 is 2.54 bits per heavy atom. The molecule has 1 fully saturated rings. The smallest absolute Gasteiger partial charge is 0.255 e. The van der Waals surface area contributed by atoms with Crippen molar-refractivity contribution in [3.8, 4) is 11.3 Å². The van der Waals surface area contributed by atoms with Crippen LogP contribution < -0.4 is 5.32 Å². The molecular formula is C20H22N4O3S. The average Bonchev–Trinajstić information content (AvgIpc) is 3.07. The second kappa shape index (κ2) is 7.01. The van der Waals surface area contributed by atoms with Crippen LogP contribution in [0.4, 0.5) is 0 Å². The molecule has 2 heterocycles. The van der Waals surface area contributed by atoms with E-state index in [1.54, 1.807) is 50.5 Å². The van der Waals surface area contributed by atoms with Crippen molar-refractivity contribution in [1.82, 2.24) is 20.3 Å². The van der Waals surface area contributed by atoms with Gasteiger partial charge in [-0.1, -0.05) is 12.1 Å². The molecule has 8 heteroatoms. The highest BCUT2D eigenvalue weighted by Crippen LogP contribution is 2.25. The van der Waals surface area contributed by atoms with Crippen molar-refractivity contribution < 1.29 is 13.2 Å². The Bertz CT molecular complexity index is 1130. The minimum atomic E-state index is -3.32. The number of aromatic amines is 1. The fourth-order valence-corrected chi connectivity index (χ4v) is 4.17. The Hall–Kier alpha value is -2.74. The Kier molecular flexibility index (Phi) is 4.66. The van der Waals surface area contributed by atoms with E-state index in [4.69, 9.17) is 0 Å². The van der Waals surface area contributed by atoms with Crippen LogP contribution in [0.1, 0.15) is 43.5 Å². The Labute approximate surface area is 163 Å². The van der Waals surface area contributed by atoms with E-state index in [9.17, 15) is 13.2 Å². The zero-order valence-corrected chi connectivity index (χ0v) is 16.6. The highest BCUT2D eigenvalue weighted by Gasteiger charge is 2.23. The van der Waals surface area contributed by atoms with Gasteiger partial charge >= 0.3 is 0 Å². The van der Waals surface area contributed by atoms with Gasteiger partial charge < -0.3 is 10.3 Å². The molecule has 0 aliphatic heterocycles. The number of hydrogen-bond donors (Lipinski definition) is 2. The molecule has 0 unspecified atom stereocenters. The largest absolute Gasteiger partial charge is 0.349 e. The molecule has 3 aromatic rings. The van der Waals surface area contributed by atoms with Crippen molar-refractivity contribution in [2.75, 3.05) is 0 Å². The third-order valence-electron chi connectivity index (χ3n) is 5.17. The summed E-state index contributed by atoms with van der Waals surface area (Å²) in [5.74, 6) is -0.152. The average molecular weight is 398 g/mol. The molecule has 0 atom stereocenters. The Morgan fingerprint density at radius 2 is 1.93 bits per heavy atom. The van der Waals surface area contributed by atoms with Crippen LogP contribution in [0.5, 0.6) is 0 Å². The van der Waals surface area contributed by atoms with E-state index in [1.807, 2.05) is 0 Å². The van der Waals surface area contributed by atoms with E-state index in [1.165, 1.54) is 0 Å². The lowest BCUT2D eigenvalue weighted by molar-refractivity contribution is 0.0918. The molecule has 4 rings (SSSR count). The fraction of sp³-hybridized carbons (Fsp3) is 0.350. The summed E-state index contributed by atoms with van der Waals surface area (Å²) in [6, 6.07) is 6.83. The van der Waals surface area contributed by atoms with Crippen LogP contribution in [0.3, 0.4) is 0 Å². The van der Waals surface area contributed by atoms with E-state index in [0.717, 1.165) is 24.8 Å². The number of nitrogens with one attached hydrogen (secondary N) is 2. The Morgan fingerprint density at radius 1 is 1.21 bits per heavy atom. The lowest BCUT2D eigenvalue weighted by Crippen LogP contribution is -2.39. The first kappa shape index (κ1) is 18.6. The second-order valence-corrected chi connectivity index (χ2v) is 9.88. The summed E-state index contributed by atoms with van der Waals surface area (Å²) < 4.78 is 24.6. The van der Waals surface area contributed by atoms with Crippen molar-refractivity contribution in [3.63, 3.8) is 0 Å². The van der Waals surface area contributed by atoms with Crippen LogP contribution >= 0.6 is 0 Å². The molecule has 28 heavy (non-hydrogen) atoms. The third-order valence-corrected chi connectivity index (χ3v) is 7.34. The van der Waals surface area contributed by atoms with Crippen LogP contribution in [0.15, 0.2) is 41.6 Å². The van der Waals surface area contributed by atoms with E-state index < -0.39 is 15.1 Å². The predicted octanol–water partition coefficient (Wildman–Crippen LogP) is 3.09. The van der Waals surface area contributed by atoms with E-state index in [-0.39, 0.29) is 16.8 Å². The van der Waals surface area contributed by atoms with Gasteiger partial charge in [-0.05, 0) is 45.2 Å². The van der Waals surface area contributed by atoms with Gasteiger partial charge in [0.25, 0.3) is 5.91 Å². The first-order valence-electron chi connectivity index (χ1n) is 9.35. The predicted molar refractivity (Wildman–Crippen MR) is 107 cm³/mol. The zero-order chi connectivity index (χ0) is 19.9. The van der Waals surface area contributed by atoms with Crippen molar-refractivity contribution in [2.24, 2.45) is 0 Å². The number of carbonyl (C=O) groups excluding carboxylic acids is 1. The first-order chi connectivity index (χ1) is 13.4. The number of hydrogen-bond acceptors (Lipinski definition) is 5. The van der Waals surface area contributed by atoms with Gasteiger partial charge in [-0.25, -0.2) is 18.4 Å². The number of sulfone groups is 1. The lowest BCUT2D eigenvalue weighted by atomic mass is 9.93. The Balaban J connectivity index is 1.66. The fourth-order valence-electron chi connectivity index (χ4n) is 3.11. The molecule has 1 aliphatic carbocycles. The lowest BCUT2D eigenvalue weighted by Gasteiger charge is -2.26. The summed E-state index contributed by atoms with van der Waals surface area (Å²) in [5.41, 5.74) is 2.84. The highest BCUT2D eigenvalue weighted by molar-refractivity contribution is 7.92. The summed E-state index contributed by atoms with van der Waals surface area (Å²) in [7, 11) is -3.32. The molecule has 0 saturated heterocycles. The second-order valence-electron chi connectivity index (χ2n) is 7.37. The third kappa shape index (κ3) is 3.28. The molecule has 1 aromatic carbocycles. The van der Waals surface area contributed by atoms with Crippen LogP contribution in [0.25, 0.3) is 22.4 Å². The molecule has 2 aromatic heterocycles. The van der Waals surface area contributed by atoms with E-state index in [0.29, 0.717) is 22.4 Å². The summed E-state index contributed by atoms with van der Waals surface area (Å²) in [5, 5.41) is 2.53. The standard InChI is InChI=1S/C20H22N4O3S/c1-12(2)28(26,27)15-8-6-13(7-9-15)17-11-22-19-18(24-17)16(10-21-19)20(25)23-14-4-3-5-14/h6-12,14H,3-5H2,1-2H3,(H,21,22)(H,23,25). The van der Waals surface area contributed by atoms with Crippen LogP contribution in [-0.4, -0.2) is 40.6 Å². The SMILES string of the molecule is CC(C)S(=O)(=O)c1ccc(-c2cnc3[nH]cc(C(=O)NC4CCC4)c3n2)cc1. The van der Waals surface area contributed by atoms with E-state index in [2.05, 4.69) is 20.3 Å². The van der Waals surface area contributed by atoms with Crippen molar-refractivity contribution in [2.45, 2.75) is 49.3 Å². The minimum Gasteiger partial charge on any atom is -0.349 e. The minimum absolute atomic E-state index is 0.152. The van der Waals surface area contributed by atoms with Gasteiger partial charge in [0.15, 0.2) is 15.5 Å². The number of nitrogens with zero attached hydrogens (tertiary/aromatic N) is 2. The van der Waals surface area contributed by atoms with Gasteiger partial charge in [-0.3, -0.25) is 4.79 Å². The molecular weight excluding hydrogens is 376 g/mol. The maximum Gasteiger partial charge on any atom is 0.255 e. The van der Waals surface area contributed by atoms with Crippen molar-refractivity contribution >= 4 is 26.9 Å². The number of H-pyrrole nitrogens is 1. The van der Waals surface area contributed by atoms with Gasteiger partial charge in [0.05, 0.1) is 27.6 Å². The van der Waals surface area contributed by atoms with Gasteiger partial charge in [-0.2, -0.15) is 0 Å². The number of aromatic nitrogens is 3. The van der Waals surface area contributed by atoms with Crippen LogP contribution in [0.2, 0.25) is 0 Å². The topological polar surface area (TPSA) is 105 Å². The monoisotopic (exact) mass is 398 g/mol. The van der Waals surface area contributed by atoms with Crippen molar-refractivity contribution in [3.05, 3.63) is 42.2 Å². The highest BCUT2D eigenvalue weighted by atomic mass is 32.2. The summed E-state index contributed by atoms with van der Waals surface area (Å²) >= 11 is 0. The molecule has 146 valence electrons. The number of carbonyl (C=O) groups is 1. The molecule has 0 radical (unpaired) electrons. The van der Waals surface area contributed by atoms with Crippen LogP contribution in [0, 0.1) is 0 Å². The van der Waals surface area contributed by atoms with E-state index >= 15 is 0 Å². The molecule has 0 bridgehead atoms. The number of benzene rings is 1. The zero-order valence-electron chi connectivity index (χ0n) is 15.8. The molecule has 2 N–H and O–H groups in total. The summed E-state index contributed by atoms with van der Waals surface area (Å²) in [6.07, 6.45) is 6.40. The van der Waals surface area contributed by atoms with Gasteiger partial charge in [0, 0.05) is 17.8 Å². The van der Waals surface area contributed by atoms with Gasteiger partial charge in [-0.15, -0.1) is 0 Å². The first-order valence-corrected chi connectivity index (χ1v) is 10.9. The molecule has 1 saturated carbocycles. The molecule has 7 nitrogen and oxygen atoms in total. The maximum absolute atomic E-state index is 12.5. The number of amides is 1. The van der Waals surface area contributed by atoms with Crippen LogP contribution in [-0.2, 0) is 9.84 Å².